The van der Waals surface area contributed by atoms with Crippen molar-refractivity contribution < 1.29 is 33.9 Å². The average Bonchev–Trinajstić information content (AvgIpc) is 3.41. The van der Waals surface area contributed by atoms with Crippen LogP contribution in [-0.2, 0) is 30.5 Å². The topological polar surface area (TPSA) is 162 Å². The molecule has 2 aliphatic heterocycles. The van der Waals surface area contributed by atoms with E-state index in [1.807, 2.05) is 18.2 Å². The zero-order valence-corrected chi connectivity index (χ0v) is 30.2. The first-order valence-electron chi connectivity index (χ1n) is 16.8. The van der Waals surface area contributed by atoms with Crippen LogP contribution >= 0.6 is 22.6 Å². The molecule has 2 heterocycles. The highest BCUT2D eigenvalue weighted by molar-refractivity contribution is 14.1. The van der Waals surface area contributed by atoms with E-state index in [9.17, 15) is 33.9 Å². The van der Waals surface area contributed by atoms with Crippen LogP contribution in [0.4, 0.5) is 5.69 Å². The molecule has 0 aliphatic carbocycles. The number of halogens is 1. The Morgan fingerprint density at radius 3 is 2.02 bits per heavy atom. The van der Waals surface area contributed by atoms with E-state index in [-0.39, 0.29) is 31.5 Å². The molecular formula is C38H45IN4O7. The minimum Gasteiger partial charge on any atom is -0.481 e. The van der Waals surface area contributed by atoms with Gasteiger partial charge in [-0.2, -0.15) is 0 Å². The Labute approximate surface area is 306 Å². The van der Waals surface area contributed by atoms with Crippen molar-refractivity contribution in [3.05, 3.63) is 102 Å². The summed E-state index contributed by atoms with van der Waals surface area (Å²) in [6.45, 7) is 0.0265. The number of fused-ring (bicyclic) bond motifs is 1. The standard InChI is InChI=1S/C38H45IN4O7/c39-25-18-16-14-12-10-8-6-4-2-1-3-5-7-9-11-13-15-17-22-33(44)40-31(26-35(46)47)36(48)41-30-21-19-20-28-29(30)27-43(38(28)50)32-23-24-34(45)42-37(32)49/h1,3-4,6-7,9-10,12-13,15-16,18-21,31-32H,2,5,8,11,14,17,22-27H2,(H,40,44)(H,41,48)(H,46,47)(H,42,45,49)/b3-1-,6-4-,9-7-,12-10-,15-13-,18-16-/t31-,32?/m0/s1. The zero-order chi connectivity index (χ0) is 36.1. The monoisotopic (exact) mass is 796 g/mol. The number of carboxylic acid groups (broad SMARTS) is 1. The molecule has 12 heteroatoms. The third kappa shape index (κ3) is 13.7. The van der Waals surface area contributed by atoms with Crippen molar-refractivity contribution in [3.8, 4) is 0 Å². The second-order valence-electron chi connectivity index (χ2n) is 11.6. The van der Waals surface area contributed by atoms with Crippen LogP contribution in [0.1, 0.15) is 80.1 Å². The van der Waals surface area contributed by atoms with Gasteiger partial charge in [-0.25, -0.2) is 0 Å². The third-order valence-corrected chi connectivity index (χ3v) is 8.37. The molecule has 0 radical (unpaired) electrons. The summed E-state index contributed by atoms with van der Waals surface area (Å²) in [5.41, 5.74) is 1.04. The van der Waals surface area contributed by atoms with Gasteiger partial charge in [-0.1, -0.05) is 102 Å². The fourth-order valence-electron chi connectivity index (χ4n) is 5.32. The van der Waals surface area contributed by atoms with Crippen molar-refractivity contribution in [2.24, 2.45) is 0 Å². The van der Waals surface area contributed by atoms with Gasteiger partial charge >= 0.3 is 5.97 Å². The van der Waals surface area contributed by atoms with E-state index in [4.69, 9.17) is 0 Å². The van der Waals surface area contributed by atoms with E-state index in [1.165, 1.54) is 4.90 Å². The normalized spacial score (nSPS) is 17.2. The summed E-state index contributed by atoms with van der Waals surface area (Å²) in [6.07, 6.45) is 29.6. The minimum absolute atomic E-state index is 0.0265. The molecule has 2 atom stereocenters. The van der Waals surface area contributed by atoms with E-state index in [0.29, 0.717) is 24.0 Å². The predicted molar refractivity (Wildman–Crippen MR) is 201 cm³/mol. The first kappa shape index (κ1) is 39.8. The first-order chi connectivity index (χ1) is 24.2. The number of alkyl halides is 1. The number of hydrogen-bond acceptors (Lipinski definition) is 6. The Morgan fingerprint density at radius 2 is 1.46 bits per heavy atom. The van der Waals surface area contributed by atoms with Gasteiger partial charge in [-0.15, -0.1) is 0 Å². The lowest BCUT2D eigenvalue weighted by molar-refractivity contribution is -0.140. The van der Waals surface area contributed by atoms with Gasteiger partial charge in [0.1, 0.15) is 12.1 Å². The molecule has 0 saturated carbocycles. The molecule has 4 N–H and O–H groups in total. The number of carbonyl (C=O) groups is 6. The molecule has 3 rings (SSSR count). The number of anilines is 1. The molecule has 1 aromatic carbocycles. The highest BCUT2D eigenvalue weighted by Gasteiger charge is 2.40. The molecule has 1 fully saturated rings. The van der Waals surface area contributed by atoms with Gasteiger partial charge in [-0.05, 0) is 57.1 Å². The lowest BCUT2D eigenvalue weighted by Gasteiger charge is -2.29. The molecule has 1 saturated heterocycles. The number of benzene rings is 1. The minimum atomic E-state index is -1.34. The summed E-state index contributed by atoms with van der Waals surface area (Å²) in [5, 5.41) is 16.8. The van der Waals surface area contributed by atoms with Gasteiger partial charge in [0.15, 0.2) is 0 Å². The maximum Gasteiger partial charge on any atom is 0.305 e. The molecule has 0 aromatic heterocycles. The number of piperidine rings is 1. The largest absolute Gasteiger partial charge is 0.481 e. The van der Waals surface area contributed by atoms with Gasteiger partial charge in [0.25, 0.3) is 5.91 Å². The number of hydrogen-bond donors (Lipinski definition) is 4. The quantitative estimate of drug-likeness (QED) is 0.0558. The van der Waals surface area contributed by atoms with Crippen LogP contribution in [-0.4, -0.2) is 62.0 Å². The number of aliphatic carboxylic acids is 1. The highest BCUT2D eigenvalue weighted by atomic mass is 127. The van der Waals surface area contributed by atoms with Crippen LogP contribution in [0.2, 0.25) is 0 Å². The zero-order valence-electron chi connectivity index (χ0n) is 28.0. The fraction of sp³-hybridized carbons (Fsp3) is 0.368. The number of nitrogens with one attached hydrogen (secondary N) is 3. The summed E-state index contributed by atoms with van der Waals surface area (Å²) >= 11 is 2.32. The molecular weight excluding hydrogens is 751 g/mol. The Kier molecular flexibility index (Phi) is 17.7. The van der Waals surface area contributed by atoms with Gasteiger partial charge in [0, 0.05) is 40.6 Å². The number of amides is 5. The molecule has 1 aromatic rings. The number of rotatable bonds is 20. The fourth-order valence-corrected chi connectivity index (χ4v) is 5.68. The molecule has 1 unspecified atom stereocenters. The molecule has 0 spiro atoms. The number of nitrogens with zero attached hydrogens (tertiary/aromatic N) is 1. The van der Waals surface area contributed by atoms with Gasteiger partial charge in [0.2, 0.25) is 23.6 Å². The maximum absolute atomic E-state index is 13.2. The highest BCUT2D eigenvalue weighted by Crippen LogP contribution is 2.32. The summed E-state index contributed by atoms with van der Waals surface area (Å²) < 4.78 is 1.04. The smallest absolute Gasteiger partial charge is 0.305 e. The Bertz CT molecular complexity index is 1560. The third-order valence-electron chi connectivity index (χ3n) is 7.86. The maximum atomic E-state index is 13.2. The molecule has 50 heavy (non-hydrogen) atoms. The summed E-state index contributed by atoms with van der Waals surface area (Å²) in [4.78, 5) is 75.7. The lowest BCUT2D eigenvalue weighted by atomic mass is 10.0. The summed E-state index contributed by atoms with van der Waals surface area (Å²) in [7, 11) is 0. The van der Waals surface area contributed by atoms with E-state index in [1.54, 1.807) is 18.2 Å². The van der Waals surface area contributed by atoms with Gasteiger partial charge < -0.3 is 20.6 Å². The predicted octanol–water partition coefficient (Wildman–Crippen LogP) is 5.85. The van der Waals surface area contributed by atoms with Crippen molar-refractivity contribution in [1.82, 2.24) is 15.5 Å². The summed E-state index contributed by atoms with van der Waals surface area (Å²) in [5.74, 6) is -3.83. The lowest BCUT2D eigenvalue weighted by Crippen LogP contribution is -2.52. The van der Waals surface area contributed by atoms with E-state index in [2.05, 4.69) is 93.2 Å². The van der Waals surface area contributed by atoms with E-state index < -0.39 is 54.0 Å². The van der Waals surface area contributed by atoms with Gasteiger partial charge in [-0.3, -0.25) is 34.1 Å². The molecule has 266 valence electrons. The SMILES string of the molecule is O=C(O)C[C@H](NC(=O)CC/C=C\C/C=C\C/C=C\C/C=C\C/C=C\C/C=C\CI)C(=O)Nc1cccc2c1CN(C1CCC(=O)NC1=O)C2=O. The van der Waals surface area contributed by atoms with Crippen molar-refractivity contribution in [3.63, 3.8) is 0 Å². The van der Waals surface area contributed by atoms with Crippen LogP contribution < -0.4 is 16.0 Å². The Morgan fingerprint density at radius 1 is 0.880 bits per heavy atom. The van der Waals surface area contributed by atoms with Crippen LogP contribution in [0.15, 0.2) is 91.1 Å². The first-order valence-corrected chi connectivity index (χ1v) is 18.3. The number of carbonyl (C=O) groups excluding carboxylic acids is 5. The van der Waals surface area contributed by atoms with Crippen molar-refractivity contribution in [1.29, 1.82) is 0 Å². The summed E-state index contributed by atoms with van der Waals surface area (Å²) in [6, 6.07) is 2.54. The van der Waals surface area contributed by atoms with E-state index >= 15 is 0 Å². The number of allylic oxidation sites excluding steroid dienone is 12. The van der Waals surface area contributed by atoms with Gasteiger partial charge in [0.05, 0.1) is 6.42 Å². The average molecular weight is 797 g/mol. The Balaban J connectivity index is 1.39. The van der Waals surface area contributed by atoms with Crippen LogP contribution in [0.5, 0.6) is 0 Å². The molecule has 0 bridgehead atoms. The Hall–Kier alpha value is -4.59. The van der Waals surface area contributed by atoms with Crippen molar-refractivity contribution in [2.45, 2.75) is 82.8 Å². The van der Waals surface area contributed by atoms with Crippen molar-refractivity contribution >= 4 is 63.8 Å². The number of imide groups is 1. The van der Waals surface area contributed by atoms with Crippen LogP contribution in [0, 0.1) is 0 Å². The molecule has 11 nitrogen and oxygen atoms in total. The second-order valence-corrected chi connectivity index (χ2v) is 12.5. The number of carboxylic acids is 1. The van der Waals surface area contributed by atoms with Crippen molar-refractivity contribution in [2.75, 3.05) is 9.74 Å². The van der Waals surface area contributed by atoms with E-state index in [0.717, 1.165) is 30.1 Å². The second kappa shape index (κ2) is 22.2. The van der Waals surface area contributed by atoms with Crippen LogP contribution in [0.25, 0.3) is 0 Å². The molecule has 2 aliphatic rings. The molecule has 5 amide bonds. The van der Waals surface area contributed by atoms with Crippen LogP contribution in [0.3, 0.4) is 0 Å².